The van der Waals surface area contributed by atoms with E-state index in [1.165, 1.54) is 6.21 Å². The number of aryl methyl sites for hydroxylation is 1. The van der Waals surface area contributed by atoms with Gasteiger partial charge in [-0.05, 0) is 67.4 Å². The molecule has 0 aliphatic carbocycles. The fraction of sp³-hybridized carbons (Fsp3) is 0.125. The van der Waals surface area contributed by atoms with E-state index in [9.17, 15) is 9.59 Å². The lowest BCUT2D eigenvalue weighted by molar-refractivity contribution is 0.0728. The van der Waals surface area contributed by atoms with Crippen LogP contribution in [0.3, 0.4) is 0 Å². The van der Waals surface area contributed by atoms with Crippen LogP contribution >= 0.6 is 11.6 Å². The maximum Gasteiger partial charge on any atom is 0.343 e. The zero-order chi connectivity index (χ0) is 22.2. The molecule has 0 fully saturated rings. The van der Waals surface area contributed by atoms with Gasteiger partial charge in [-0.25, -0.2) is 10.2 Å². The molecule has 0 aliphatic rings. The molecule has 0 aliphatic heterocycles. The second kappa shape index (κ2) is 10.4. The summed E-state index contributed by atoms with van der Waals surface area (Å²) in [5.74, 6) is -0.211. The first-order valence-electron chi connectivity index (χ1n) is 9.61. The van der Waals surface area contributed by atoms with Crippen LogP contribution in [0.5, 0.6) is 11.5 Å². The van der Waals surface area contributed by atoms with E-state index in [2.05, 4.69) is 10.5 Å². The first-order valence-corrected chi connectivity index (χ1v) is 9.99. The van der Waals surface area contributed by atoms with E-state index in [0.29, 0.717) is 39.8 Å². The number of hydrazone groups is 1. The number of esters is 1. The van der Waals surface area contributed by atoms with Crippen molar-refractivity contribution in [2.45, 2.75) is 13.8 Å². The van der Waals surface area contributed by atoms with Crippen LogP contribution in [0.2, 0.25) is 5.02 Å². The van der Waals surface area contributed by atoms with Gasteiger partial charge in [-0.1, -0.05) is 35.9 Å². The normalized spacial score (nSPS) is 10.7. The highest BCUT2D eigenvalue weighted by Crippen LogP contribution is 2.29. The quantitative estimate of drug-likeness (QED) is 0.244. The lowest BCUT2D eigenvalue weighted by Gasteiger charge is -2.11. The molecule has 0 heterocycles. The van der Waals surface area contributed by atoms with E-state index in [0.717, 1.165) is 5.56 Å². The summed E-state index contributed by atoms with van der Waals surface area (Å²) >= 11 is 6.11. The molecular formula is C24H21ClN2O4. The summed E-state index contributed by atoms with van der Waals surface area (Å²) in [6.45, 7) is 4.11. The summed E-state index contributed by atoms with van der Waals surface area (Å²) in [7, 11) is 0. The molecular weight excluding hydrogens is 416 g/mol. The lowest BCUT2D eigenvalue weighted by atomic mass is 10.1. The molecule has 0 aromatic heterocycles. The summed E-state index contributed by atoms with van der Waals surface area (Å²) in [4.78, 5) is 24.6. The third kappa shape index (κ3) is 5.93. The average molecular weight is 437 g/mol. The Morgan fingerprint density at radius 2 is 1.81 bits per heavy atom. The Morgan fingerprint density at radius 1 is 1.03 bits per heavy atom. The van der Waals surface area contributed by atoms with E-state index < -0.39 is 11.9 Å². The first kappa shape index (κ1) is 22.1. The molecule has 7 heteroatoms. The Kier molecular flexibility index (Phi) is 7.40. The molecule has 0 bridgehead atoms. The predicted octanol–water partition coefficient (Wildman–Crippen LogP) is 5.03. The average Bonchev–Trinajstić information content (AvgIpc) is 2.76. The van der Waals surface area contributed by atoms with Gasteiger partial charge in [-0.2, -0.15) is 5.10 Å². The first-order chi connectivity index (χ1) is 15.0. The van der Waals surface area contributed by atoms with Crippen LogP contribution in [0.4, 0.5) is 0 Å². The van der Waals surface area contributed by atoms with Crippen molar-refractivity contribution in [3.63, 3.8) is 0 Å². The highest BCUT2D eigenvalue weighted by molar-refractivity contribution is 6.33. The van der Waals surface area contributed by atoms with Crippen molar-refractivity contribution in [1.82, 2.24) is 5.43 Å². The fourth-order valence-electron chi connectivity index (χ4n) is 2.72. The van der Waals surface area contributed by atoms with E-state index in [1.807, 2.05) is 19.9 Å². The Morgan fingerprint density at radius 3 is 2.52 bits per heavy atom. The van der Waals surface area contributed by atoms with Gasteiger partial charge in [-0.15, -0.1) is 0 Å². The van der Waals surface area contributed by atoms with Gasteiger partial charge >= 0.3 is 5.97 Å². The second-order valence-electron chi connectivity index (χ2n) is 6.58. The molecule has 0 spiro atoms. The largest absolute Gasteiger partial charge is 0.490 e. The molecule has 3 aromatic carbocycles. The minimum absolute atomic E-state index is 0.295. The van der Waals surface area contributed by atoms with Crippen LogP contribution in [0, 0.1) is 6.92 Å². The van der Waals surface area contributed by atoms with Crippen molar-refractivity contribution in [1.29, 1.82) is 0 Å². The minimum Gasteiger partial charge on any atom is -0.490 e. The molecule has 0 saturated heterocycles. The fourth-order valence-corrected chi connectivity index (χ4v) is 3.04. The smallest absolute Gasteiger partial charge is 0.343 e. The third-order valence-electron chi connectivity index (χ3n) is 4.23. The Labute approximate surface area is 185 Å². The van der Waals surface area contributed by atoms with Crippen LogP contribution in [-0.2, 0) is 0 Å². The standard InChI is InChI=1S/C24H21ClN2O4/c1-3-30-22-14-17(10-12-21(22)31-24(29)18-7-5-4-6-8-18)15-26-27-23(28)19-11-9-16(2)13-20(19)25/h4-15H,3H2,1-2H3,(H,27,28)/b26-15-. The lowest BCUT2D eigenvalue weighted by Crippen LogP contribution is -2.18. The number of carbonyl (C=O) groups is 2. The number of benzene rings is 3. The number of rotatable bonds is 7. The Bertz CT molecular complexity index is 1110. The van der Waals surface area contributed by atoms with Gasteiger partial charge in [0.05, 0.1) is 29.0 Å². The molecule has 1 amide bonds. The third-order valence-corrected chi connectivity index (χ3v) is 4.54. The van der Waals surface area contributed by atoms with E-state index in [-0.39, 0.29) is 0 Å². The van der Waals surface area contributed by atoms with Crippen molar-refractivity contribution in [3.05, 3.63) is 94.0 Å². The highest BCUT2D eigenvalue weighted by Gasteiger charge is 2.13. The summed E-state index contributed by atoms with van der Waals surface area (Å²) < 4.78 is 11.1. The number of hydrogen-bond acceptors (Lipinski definition) is 5. The van der Waals surface area contributed by atoms with Crippen LogP contribution in [0.15, 0.2) is 71.8 Å². The maximum absolute atomic E-state index is 12.3. The SMILES string of the molecule is CCOc1cc(/C=N\NC(=O)c2ccc(C)cc2Cl)ccc1OC(=O)c1ccccc1. The molecule has 1 N–H and O–H groups in total. The van der Waals surface area contributed by atoms with Gasteiger partial charge in [-0.3, -0.25) is 4.79 Å². The zero-order valence-corrected chi connectivity index (χ0v) is 17.8. The summed E-state index contributed by atoms with van der Waals surface area (Å²) in [5.41, 5.74) is 4.83. The van der Waals surface area contributed by atoms with Gasteiger partial charge in [0.1, 0.15) is 0 Å². The molecule has 31 heavy (non-hydrogen) atoms. The highest BCUT2D eigenvalue weighted by atomic mass is 35.5. The molecule has 0 saturated carbocycles. The van der Waals surface area contributed by atoms with Gasteiger partial charge < -0.3 is 9.47 Å². The van der Waals surface area contributed by atoms with Crippen molar-refractivity contribution >= 4 is 29.7 Å². The number of nitrogens with one attached hydrogen (secondary N) is 1. The predicted molar refractivity (Wildman–Crippen MR) is 120 cm³/mol. The van der Waals surface area contributed by atoms with Gasteiger partial charge in [0, 0.05) is 0 Å². The molecule has 6 nitrogen and oxygen atoms in total. The van der Waals surface area contributed by atoms with Gasteiger partial charge in [0.15, 0.2) is 11.5 Å². The van der Waals surface area contributed by atoms with E-state index in [4.69, 9.17) is 21.1 Å². The van der Waals surface area contributed by atoms with Crippen LogP contribution in [-0.4, -0.2) is 24.7 Å². The zero-order valence-electron chi connectivity index (χ0n) is 17.1. The Hall–Kier alpha value is -3.64. The molecule has 0 atom stereocenters. The second-order valence-corrected chi connectivity index (χ2v) is 6.98. The van der Waals surface area contributed by atoms with Crippen molar-refractivity contribution in [2.24, 2.45) is 5.10 Å². The van der Waals surface area contributed by atoms with Crippen molar-refractivity contribution in [2.75, 3.05) is 6.61 Å². The van der Waals surface area contributed by atoms with Crippen molar-refractivity contribution < 1.29 is 19.1 Å². The summed E-state index contributed by atoms with van der Waals surface area (Å²) in [6.07, 6.45) is 1.46. The minimum atomic E-state index is -0.481. The van der Waals surface area contributed by atoms with Crippen LogP contribution in [0.25, 0.3) is 0 Å². The van der Waals surface area contributed by atoms with Crippen LogP contribution < -0.4 is 14.9 Å². The molecule has 0 radical (unpaired) electrons. The molecule has 0 unspecified atom stereocenters. The summed E-state index contributed by atoms with van der Waals surface area (Å²) in [5, 5.41) is 4.33. The summed E-state index contributed by atoms with van der Waals surface area (Å²) in [6, 6.07) is 18.8. The monoisotopic (exact) mass is 436 g/mol. The number of nitrogens with zero attached hydrogens (tertiary/aromatic N) is 1. The van der Waals surface area contributed by atoms with Gasteiger partial charge in [0.2, 0.25) is 0 Å². The van der Waals surface area contributed by atoms with E-state index in [1.54, 1.807) is 60.7 Å². The number of ether oxygens (including phenoxy) is 2. The topological polar surface area (TPSA) is 77.0 Å². The van der Waals surface area contributed by atoms with Crippen LogP contribution in [0.1, 0.15) is 38.8 Å². The molecule has 3 rings (SSSR count). The number of carbonyl (C=O) groups excluding carboxylic acids is 2. The van der Waals surface area contributed by atoms with E-state index >= 15 is 0 Å². The maximum atomic E-state index is 12.3. The molecule has 158 valence electrons. The van der Waals surface area contributed by atoms with Gasteiger partial charge in [0.25, 0.3) is 5.91 Å². The Balaban J connectivity index is 1.71. The molecule has 3 aromatic rings. The number of halogens is 1. The number of amides is 1. The number of hydrogen-bond donors (Lipinski definition) is 1. The van der Waals surface area contributed by atoms with Crippen molar-refractivity contribution in [3.8, 4) is 11.5 Å².